The van der Waals surface area contributed by atoms with Crippen LogP contribution in [0.5, 0.6) is 0 Å². The van der Waals surface area contributed by atoms with Crippen molar-refractivity contribution in [2.24, 2.45) is 5.73 Å². The third kappa shape index (κ3) is 3.59. The molecule has 0 atom stereocenters. The maximum atomic E-state index is 11.9. The highest BCUT2D eigenvalue weighted by Crippen LogP contribution is 2.09. The lowest BCUT2D eigenvalue weighted by atomic mass is 10.1. The summed E-state index contributed by atoms with van der Waals surface area (Å²) in [6, 6.07) is 13.4. The van der Waals surface area contributed by atoms with Gasteiger partial charge in [-0.25, -0.2) is 0 Å². The normalized spacial score (nSPS) is 10.1. The number of primary amides is 1. The van der Waals surface area contributed by atoms with Crippen molar-refractivity contribution < 1.29 is 9.59 Å². The standard InChI is InChI=1S/C15H13ClN2O2/c16-13-7-1-10(2-8-13)9-18-15(20)12-5-3-11(4-6-12)14(17)19/h1-8H,9H2,(H2,17,19)(H,18,20). The number of rotatable bonds is 4. The average Bonchev–Trinajstić information content (AvgIpc) is 2.46. The predicted molar refractivity (Wildman–Crippen MR) is 77.6 cm³/mol. The zero-order valence-electron chi connectivity index (χ0n) is 10.6. The highest BCUT2D eigenvalue weighted by Gasteiger charge is 2.06. The molecule has 2 aromatic carbocycles. The highest BCUT2D eigenvalue weighted by atomic mass is 35.5. The summed E-state index contributed by atoms with van der Waals surface area (Å²) in [7, 11) is 0. The first-order chi connectivity index (χ1) is 9.56. The van der Waals surface area contributed by atoms with Crippen molar-refractivity contribution in [3.63, 3.8) is 0 Å². The van der Waals surface area contributed by atoms with Crippen molar-refractivity contribution >= 4 is 23.4 Å². The fourth-order valence-corrected chi connectivity index (χ4v) is 1.80. The van der Waals surface area contributed by atoms with Gasteiger partial charge in [-0.05, 0) is 42.0 Å². The van der Waals surface area contributed by atoms with Crippen molar-refractivity contribution in [3.05, 3.63) is 70.2 Å². The van der Waals surface area contributed by atoms with E-state index >= 15 is 0 Å². The van der Waals surface area contributed by atoms with Crippen molar-refractivity contribution in [2.75, 3.05) is 0 Å². The van der Waals surface area contributed by atoms with Crippen molar-refractivity contribution in [1.82, 2.24) is 5.32 Å². The summed E-state index contributed by atoms with van der Waals surface area (Å²) in [5, 5.41) is 3.44. The zero-order chi connectivity index (χ0) is 14.5. The van der Waals surface area contributed by atoms with Gasteiger partial charge in [-0.2, -0.15) is 0 Å². The van der Waals surface area contributed by atoms with E-state index < -0.39 is 5.91 Å². The van der Waals surface area contributed by atoms with Gasteiger partial charge in [0, 0.05) is 22.7 Å². The number of benzene rings is 2. The topological polar surface area (TPSA) is 72.2 Å². The van der Waals surface area contributed by atoms with E-state index in [1.165, 1.54) is 12.1 Å². The second kappa shape index (κ2) is 6.21. The Hall–Kier alpha value is -2.33. The number of halogens is 1. The third-order valence-corrected chi connectivity index (χ3v) is 3.05. The number of carbonyl (C=O) groups excluding carboxylic acids is 2. The molecule has 2 amide bonds. The first kappa shape index (κ1) is 14.1. The molecule has 4 nitrogen and oxygen atoms in total. The van der Waals surface area contributed by atoms with Gasteiger partial charge in [0.25, 0.3) is 5.91 Å². The molecule has 2 aromatic rings. The van der Waals surface area contributed by atoms with Gasteiger partial charge in [0.2, 0.25) is 5.91 Å². The fourth-order valence-electron chi connectivity index (χ4n) is 1.67. The molecule has 20 heavy (non-hydrogen) atoms. The van der Waals surface area contributed by atoms with Crippen molar-refractivity contribution in [1.29, 1.82) is 0 Å². The Labute approximate surface area is 121 Å². The Morgan fingerprint density at radius 1 is 0.950 bits per heavy atom. The van der Waals surface area contributed by atoms with Gasteiger partial charge in [0.05, 0.1) is 0 Å². The Morgan fingerprint density at radius 2 is 1.50 bits per heavy atom. The molecular weight excluding hydrogens is 276 g/mol. The van der Waals surface area contributed by atoms with Gasteiger partial charge >= 0.3 is 0 Å². The molecule has 0 heterocycles. The Morgan fingerprint density at radius 3 is 2.05 bits per heavy atom. The predicted octanol–water partition coefficient (Wildman–Crippen LogP) is 2.37. The molecule has 0 saturated heterocycles. The quantitative estimate of drug-likeness (QED) is 0.906. The molecule has 0 aliphatic rings. The van der Waals surface area contributed by atoms with E-state index in [2.05, 4.69) is 5.32 Å². The lowest BCUT2D eigenvalue weighted by Crippen LogP contribution is -2.23. The Kier molecular flexibility index (Phi) is 4.38. The van der Waals surface area contributed by atoms with Gasteiger partial charge in [0.1, 0.15) is 0 Å². The molecule has 0 saturated carbocycles. The molecule has 0 fully saturated rings. The molecular formula is C15H13ClN2O2. The SMILES string of the molecule is NC(=O)c1ccc(C(=O)NCc2ccc(Cl)cc2)cc1. The second-order valence-electron chi connectivity index (χ2n) is 4.25. The maximum Gasteiger partial charge on any atom is 0.251 e. The van der Waals surface area contributed by atoms with Gasteiger partial charge in [-0.3, -0.25) is 9.59 Å². The van der Waals surface area contributed by atoms with Gasteiger partial charge in [-0.1, -0.05) is 23.7 Å². The lowest BCUT2D eigenvalue weighted by Gasteiger charge is -2.06. The van der Waals surface area contributed by atoms with Crippen LogP contribution in [0.1, 0.15) is 26.3 Å². The molecule has 3 N–H and O–H groups in total. The first-order valence-electron chi connectivity index (χ1n) is 5.99. The molecule has 0 aromatic heterocycles. The van der Waals surface area contributed by atoms with E-state index in [0.29, 0.717) is 22.7 Å². The lowest BCUT2D eigenvalue weighted by molar-refractivity contribution is 0.0948. The van der Waals surface area contributed by atoms with E-state index in [4.69, 9.17) is 17.3 Å². The van der Waals surface area contributed by atoms with E-state index in [-0.39, 0.29) is 5.91 Å². The number of amides is 2. The summed E-state index contributed by atoms with van der Waals surface area (Å²) >= 11 is 5.79. The van der Waals surface area contributed by atoms with Crippen LogP contribution in [0.2, 0.25) is 5.02 Å². The molecule has 0 aliphatic carbocycles. The van der Waals surface area contributed by atoms with Gasteiger partial charge in [0.15, 0.2) is 0 Å². The van der Waals surface area contributed by atoms with E-state index in [0.717, 1.165) is 5.56 Å². The second-order valence-corrected chi connectivity index (χ2v) is 4.69. The van der Waals surface area contributed by atoms with E-state index in [9.17, 15) is 9.59 Å². The summed E-state index contributed by atoms with van der Waals surface area (Å²) in [4.78, 5) is 22.8. The Balaban J connectivity index is 1.97. The van der Waals surface area contributed by atoms with Crippen LogP contribution >= 0.6 is 11.6 Å². The summed E-state index contributed by atoms with van der Waals surface area (Å²) in [5.74, 6) is -0.728. The van der Waals surface area contributed by atoms with Crippen LogP contribution in [0.3, 0.4) is 0 Å². The average molecular weight is 289 g/mol. The number of nitrogens with two attached hydrogens (primary N) is 1. The minimum atomic E-state index is -0.516. The van der Waals surface area contributed by atoms with Crippen LogP contribution in [0.25, 0.3) is 0 Å². The minimum Gasteiger partial charge on any atom is -0.366 e. The summed E-state index contributed by atoms with van der Waals surface area (Å²) in [5.41, 5.74) is 6.94. The number of carbonyl (C=O) groups is 2. The largest absolute Gasteiger partial charge is 0.366 e. The van der Waals surface area contributed by atoms with Crippen LogP contribution in [-0.2, 0) is 6.54 Å². The van der Waals surface area contributed by atoms with Crippen LogP contribution in [0.15, 0.2) is 48.5 Å². The summed E-state index contributed by atoms with van der Waals surface area (Å²) < 4.78 is 0. The van der Waals surface area contributed by atoms with Crippen molar-refractivity contribution in [3.8, 4) is 0 Å². The van der Waals surface area contributed by atoms with Crippen molar-refractivity contribution in [2.45, 2.75) is 6.54 Å². The van der Waals surface area contributed by atoms with Crippen LogP contribution < -0.4 is 11.1 Å². The molecule has 0 radical (unpaired) electrons. The molecule has 0 spiro atoms. The Bertz CT molecular complexity index is 621. The zero-order valence-corrected chi connectivity index (χ0v) is 11.4. The fraction of sp³-hybridized carbons (Fsp3) is 0.0667. The van der Waals surface area contributed by atoms with Gasteiger partial charge < -0.3 is 11.1 Å². The first-order valence-corrected chi connectivity index (χ1v) is 6.36. The molecule has 102 valence electrons. The van der Waals surface area contributed by atoms with Crippen LogP contribution in [0, 0.1) is 0 Å². The maximum absolute atomic E-state index is 11.9. The highest BCUT2D eigenvalue weighted by molar-refractivity contribution is 6.30. The van der Waals surface area contributed by atoms with E-state index in [1.807, 2.05) is 12.1 Å². The number of nitrogens with one attached hydrogen (secondary N) is 1. The summed E-state index contributed by atoms with van der Waals surface area (Å²) in [6.07, 6.45) is 0. The number of hydrogen-bond acceptors (Lipinski definition) is 2. The van der Waals surface area contributed by atoms with Crippen LogP contribution in [-0.4, -0.2) is 11.8 Å². The van der Waals surface area contributed by atoms with E-state index in [1.54, 1.807) is 24.3 Å². The monoisotopic (exact) mass is 288 g/mol. The minimum absolute atomic E-state index is 0.212. The van der Waals surface area contributed by atoms with Gasteiger partial charge in [-0.15, -0.1) is 0 Å². The third-order valence-electron chi connectivity index (χ3n) is 2.80. The number of hydrogen-bond donors (Lipinski definition) is 2. The molecule has 5 heteroatoms. The molecule has 2 rings (SSSR count). The van der Waals surface area contributed by atoms with Crippen LogP contribution in [0.4, 0.5) is 0 Å². The molecule has 0 aliphatic heterocycles. The smallest absolute Gasteiger partial charge is 0.251 e. The molecule has 0 unspecified atom stereocenters. The summed E-state index contributed by atoms with van der Waals surface area (Å²) in [6.45, 7) is 0.410. The molecule has 0 bridgehead atoms.